The number of hydrogen-bond donors (Lipinski definition) is 1. The molecule has 0 aliphatic carbocycles. The highest BCUT2D eigenvalue weighted by atomic mass is 19.4. The van der Waals surface area contributed by atoms with Crippen molar-refractivity contribution in [2.24, 2.45) is 0 Å². The molecule has 0 aromatic heterocycles. The van der Waals surface area contributed by atoms with Gasteiger partial charge in [-0.25, -0.2) is 4.79 Å². The quantitative estimate of drug-likeness (QED) is 0.830. The zero-order chi connectivity index (χ0) is 13.8. The van der Waals surface area contributed by atoms with E-state index in [4.69, 9.17) is 9.84 Å². The van der Waals surface area contributed by atoms with E-state index in [0.29, 0.717) is 6.07 Å². The van der Waals surface area contributed by atoms with Gasteiger partial charge in [0, 0.05) is 7.11 Å². The summed E-state index contributed by atoms with van der Waals surface area (Å²) in [5.41, 5.74) is -1.56. The van der Waals surface area contributed by atoms with Gasteiger partial charge in [0.25, 0.3) is 0 Å². The normalized spacial score (nSPS) is 11.3. The fourth-order valence-corrected chi connectivity index (χ4v) is 1.23. The zero-order valence-corrected chi connectivity index (χ0v) is 9.45. The van der Waals surface area contributed by atoms with E-state index in [9.17, 15) is 18.0 Å². The van der Waals surface area contributed by atoms with Crippen LogP contribution in [-0.2, 0) is 10.9 Å². The minimum atomic E-state index is -4.59. The molecule has 18 heavy (non-hydrogen) atoms. The van der Waals surface area contributed by atoms with Crippen LogP contribution < -0.4 is 4.74 Å². The van der Waals surface area contributed by atoms with Crippen molar-refractivity contribution in [1.29, 1.82) is 0 Å². The summed E-state index contributed by atoms with van der Waals surface area (Å²) >= 11 is 0. The van der Waals surface area contributed by atoms with Crippen LogP contribution in [0.2, 0.25) is 0 Å². The molecule has 1 aromatic rings. The van der Waals surface area contributed by atoms with Gasteiger partial charge < -0.3 is 14.6 Å². The number of methoxy groups -OCH3 is 1. The molecule has 1 rings (SSSR count). The monoisotopic (exact) mass is 264 g/mol. The van der Waals surface area contributed by atoms with Gasteiger partial charge in [0.2, 0.25) is 0 Å². The van der Waals surface area contributed by atoms with Crippen LogP contribution in [0.25, 0.3) is 0 Å². The highest BCUT2D eigenvalue weighted by molar-refractivity contribution is 5.91. The number of carboxylic acid groups (broad SMARTS) is 1. The first-order valence-corrected chi connectivity index (χ1v) is 4.92. The average molecular weight is 264 g/mol. The van der Waals surface area contributed by atoms with Gasteiger partial charge in [-0.3, -0.25) is 0 Å². The number of ether oxygens (including phenoxy) is 2. The maximum Gasteiger partial charge on any atom is 0.416 e. The van der Waals surface area contributed by atoms with Crippen molar-refractivity contribution < 1.29 is 32.5 Å². The van der Waals surface area contributed by atoms with Crippen LogP contribution in [-0.4, -0.2) is 31.4 Å². The molecule has 0 aliphatic heterocycles. The smallest absolute Gasteiger partial charge is 0.416 e. The highest BCUT2D eigenvalue weighted by Crippen LogP contribution is 2.32. The summed E-state index contributed by atoms with van der Waals surface area (Å²) in [5.74, 6) is -1.60. The lowest BCUT2D eigenvalue weighted by atomic mass is 10.1. The average Bonchev–Trinajstić information content (AvgIpc) is 2.28. The van der Waals surface area contributed by atoms with Gasteiger partial charge in [0.05, 0.1) is 12.2 Å². The second kappa shape index (κ2) is 5.72. The Hall–Kier alpha value is -1.76. The zero-order valence-electron chi connectivity index (χ0n) is 9.45. The van der Waals surface area contributed by atoms with E-state index in [2.05, 4.69) is 4.74 Å². The first-order valence-electron chi connectivity index (χ1n) is 4.92. The summed E-state index contributed by atoms with van der Waals surface area (Å²) in [6.45, 7) is 0.266. The lowest BCUT2D eigenvalue weighted by Gasteiger charge is -2.12. The third-order valence-electron chi connectivity index (χ3n) is 2.08. The minimum Gasteiger partial charge on any atom is -0.490 e. The number of halogens is 3. The van der Waals surface area contributed by atoms with E-state index in [1.54, 1.807) is 0 Å². The van der Waals surface area contributed by atoms with E-state index >= 15 is 0 Å². The molecule has 0 bridgehead atoms. The number of carboxylic acids is 1. The van der Waals surface area contributed by atoms with Crippen LogP contribution in [0.4, 0.5) is 13.2 Å². The first kappa shape index (κ1) is 14.3. The SMILES string of the molecule is COCCOc1ccc(C(F)(F)F)cc1C(=O)O. The molecule has 0 spiro atoms. The van der Waals surface area contributed by atoms with Gasteiger partial charge in [-0.2, -0.15) is 13.2 Å². The molecule has 0 atom stereocenters. The van der Waals surface area contributed by atoms with Crippen LogP contribution in [0.15, 0.2) is 18.2 Å². The van der Waals surface area contributed by atoms with E-state index in [-0.39, 0.29) is 19.0 Å². The van der Waals surface area contributed by atoms with Crippen molar-refractivity contribution >= 4 is 5.97 Å². The molecular weight excluding hydrogens is 253 g/mol. The largest absolute Gasteiger partial charge is 0.490 e. The second-order valence-corrected chi connectivity index (χ2v) is 3.36. The highest BCUT2D eigenvalue weighted by Gasteiger charge is 2.32. The minimum absolute atomic E-state index is 0.0577. The Balaban J connectivity index is 3.01. The summed E-state index contributed by atoms with van der Waals surface area (Å²) in [6, 6.07) is 2.31. The third-order valence-corrected chi connectivity index (χ3v) is 2.08. The lowest BCUT2D eigenvalue weighted by Crippen LogP contribution is -2.11. The van der Waals surface area contributed by atoms with Crippen molar-refractivity contribution in [3.05, 3.63) is 29.3 Å². The Kier molecular flexibility index (Phi) is 4.55. The Labute approximate surface area is 101 Å². The number of rotatable bonds is 5. The summed E-state index contributed by atoms with van der Waals surface area (Å²) in [4.78, 5) is 10.9. The van der Waals surface area contributed by atoms with Crippen LogP contribution in [0, 0.1) is 0 Å². The summed E-state index contributed by atoms with van der Waals surface area (Å²) in [5, 5.41) is 8.83. The molecule has 0 unspecified atom stereocenters. The van der Waals surface area contributed by atoms with Crippen LogP contribution in [0.5, 0.6) is 5.75 Å². The Bertz CT molecular complexity index is 429. The molecule has 7 heteroatoms. The van der Waals surface area contributed by atoms with Gasteiger partial charge in [0.1, 0.15) is 17.9 Å². The Morgan fingerprint density at radius 3 is 2.50 bits per heavy atom. The maximum atomic E-state index is 12.4. The summed E-state index contributed by atoms with van der Waals surface area (Å²) in [7, 11) is 1.42. The van der Waals surface area contributed by atoms with Crippen molar-refractivity contribution in [3.63, 3.8) is 0 Å². The predicted molar refractivity (Wildman–Crippen MR) is 55.8 cm³/mol. The molecule has 0 saturated carbocycles. The van der Waals surface area contributed by atoms with E-state index in [1.807, 2.05) is 0 Å². The van der Waals surface area contributed by atoms with E-state index in [1.165, 1.54) is 7.11 Å². The topological polar surface area (TPSA) is 55.8 Å². The molecule has 0 saturated heterocycles. The molecule has 0 heterocycles. The van der Waals surface area contributed by atoms with Crippen molar-refractivity contribution in [2.75, 3.05) is 20.3 Å². The molecule has 1 N–H and O–H groups in total. The van der Waals surface area contributed by atoms with E-state index < -0.39 is 23.3 Å². The molecule has 4 nitrogen and oxygen atoms in total. The number of aromatic carboxylic acids is 1. The van der Waals surface area contributed by atoms with Crippen molar-refractivity contribution in [2.45, 2.75) is 6.18 Å². The van der Waals surface area contributed by atoms with Gasteiger partial charge in [0.15, 0.2) is 0 Å². The van der Waals surface area contributed by atoms with Gasteiger partial charge in [-0.15, -0.1) is 0 Å². The van der Waals surface area contributed by atoms with Crippen molar-refractivity contribution in [3.8, 4) is 5.75 Å². The third kappa shape index (κ3) is 3.63. The first-order chi connectivity index (χ1) is 8.36. The Morgan fingerprint density at radius 2 is 2.00 bits per heavy atom. The van der Waals surface area contributed by atoms with E-state index in [0.717, 1.165) is 12.1 Å². The molecular formula is C11H11F3O4. The standard InChI is InChI=1S/C11H11F3O4/c1-17-4-5-18-9-3-2-7(11(12,13)14)6-8(9)10(15)16/h2-3,6H,4-5H2,1H3,(H,15,16). The summed E-state index contributed by atoms with van der Waals surface area (Å²) < 4.78 is 47.0. The van der Waals surface area contributed by atoms with Crippen molar-refractivity contribution in [1.82, 2.24) is 0 Å². The second-order valence-electron chi connectivity index (χ2n) is 3.36. The number of carbonyl (C=O) groups is 1. The fraction of sp³-hybridized carbons (Fsp3) is 0.364. The number of benzene rings is 1. The number of alkyl halides is 3. The molecule has 0 amide bonds. The van der Waals surface area contributed by atoms with Crippen LogP contribution >= 0.6 is 0 Å². The molecule has 0 radical (unpaired) electrons. The Morgan fingerprint density at radius 1 is 1.33 bits per heavy atom. The number of hydrogen-bond acceptors (Lipinski definition) is 3. The van der Waals surface area contributed by atoms with Gasteiger partial charge >= 0.3 is 12.1 Å². The summed E-state index contributed by atoms with van der Waals surface area (Å²) in [6.07, 6.45) is -4.59. The molecule has 1 aromatic carbocycles. The van der Waals surface area contributed by atoms with Crippen LogP contribution in [0.3, 0.4) is 0 Å². The molecule has 0 fully saturated rings. The fourth-order valence-electron chi connectivity index (χ4n) is 1.23. The molecule has 0 aliphatic rings. The van der Waals surface area contributed by atoms with Crippen LogP contribution in [0.1, 0.15) is 15.9 Å². The van der Waals surface area contributed by atoms with Gasteiger partial charge in [-0.1, -0.05) is 0 Å². The predicted octanol–water partition coefficient (Wildman–Crippen LogP) is 2.43. The lowest BCUT2D eigenvalue weighted by molar-refractivity contribution is -0.137. The molecule has 100 valence electrons. The van der Waals surface area contributed by atoms with Gasteiger partial charge in [-0.05, 0) is 18.2 Å². The maximum absolute atomic E-state index is 12.4.